The first-order valence-corrected chi connectivity index (χ1v) is 11.6. The van der Waals surface area contributed by atoms with Gasteiger partial charge in [0.1, 0.15) is 5.75 Å². The van der Waals surface area contributed by atoms with Crippen LogP contribution in [0.15, 0.2) is 18.2 Å². The molecule has 0 aliphatic heterocycles. The first-order valence-electron chi connectivity index (χ1n) is 11.6. The highest BCUT2D eigenvalue weighted by Crippen LogP contribution is 2.60. The van der Waals surface area contributed by atoms with Crippen LogP contribution in [0.1, 0.15) is 95.1 Å². The minimum Gasteiger partial charge on any atom is -0.508 e. The molecule has 4 heteroatoms. The number of aliphatic hydroxyl groups excluding tert-OH is 1. The molecule has 4 nitrogen and oxygen atoms in total. The fourth-order valence-electron chi connectivity index (χ4n) is 6.24. The maximum Gasteiger partial charge on any atom is 0.303 e. The van der Waals surface area contributed by atoms with E-state index in [2.05, 4.69) is 19.9 Å². The summed E-state index contributed by atoms with van der Waals surface area (Å²) in [6.45, 7) is 4.43. The van der Waals surface area contributed by atoms with Crippen molar-refractivity contribution in [1.29, 1.82) is 0 Å². The van der Waals surface area contributed by atoms with Gasteiger partial charge in [0.2, 0.25) is 0 Å². The molecule has 2 saturated carbocycles. The largest absolute Gasteiger partial charge is 0.508 e. The minimum atomic E-state index is -0.675. The monoisotopic (exact) mass is 402 g/mol. The number of aliphatic carboxylic acids is 1. The Morgan fingerprint density at radius 1 is 1.14 bits per heavy atom. The van der Waals surface area contributed by atoms with E-state index in [-0.39, 0.29) is 11.5 Å². The van der Waals surface area contributed by atoms with Gasteiger partial charge in [-0.15, -0.1) is 0 Å². The lowest BCUT2D eigenvalue weighted by molar-refractivity contribution is -0.137. The number of carbonyl (C=O) groups is 1. The second-order valence-electron chi connectivity index (χ2n) is 9.64. The van der Waals surface area contributed by atoms with E-state index in [0.29, 0.717) is 24.0 Å². The van der Waals surface area contributed by atoms with E-state index < -0.39 is 5.97 Å². The lowest BCUT2D eigenvalue weighted by Gasteiger charge is -2.50. The number of fused-ring (bicyclic) bond motifs is 5. The number of hydrogen-bond acceptors (Lipinski definition) is 3. The zero-order chi connectivity index (χ0) is 21.0. The van der Waals surface area contributed by atoms with Gasteiger partial charge in [0, 0.05) is 6.42 Å². The molecule has 0 saturated heterocycles. The molecule has 3 N–H and O–H groups in total. The smallest absolute Gasteiger partial charge is 0.303 e. The van der Waals surface area contributed by atoms with E-state index in [0.717, 1.165) is 44.4 Å². The van der Waals surface area contributed by atoms with E-state index in [4.69, 9.17) is 5.11 Å². The summed E-state index contributed by atoms with van der Waals surface area (Å²) in [6.07, 6.45) is 11.3. The van der Waals surface area contributed by atoms with E-state index >= 15 is 0 Å². The van der Waals surface area contributed by atoms with Crippen molar-refractivity contribution in [3.05, 3.63) is 29.3 Å². The van der Waals surface area contributed by atoms with Gasteiger partial charge in [0.25, 0.3) is 0 Å². The van der Waals surface area contributed by atoms with Gasteiger partial charge in [-0.05, 0) is 91.4 Å². The summed E-state index contributed by atoms with van der Waals surface area (Å²) in [6, 6.07) is 5.96. The molecule has 1 unspecified atom stereocenters. The topological polar surface area (TPSA) is 77.8 Å². The quantitative estimate of drug-likeness (QED) is 0.556. The molecule has 0 aromatic heterocycles. The molecule has 0 radical (unpaired) electrons. The number of phenols is 1. The zero-order valence-electron chi connectivity index (χ0n) is 18.1. The Labute approximate surface area is 175 Å². The Kier molecular flexibility index (Phi) is 7.26. The summed E-state index contributed by atoms with van der Waals surface area (Å²) in [5, 5.41) is 28.3. The highest BCUT2D eigenvalue weighted by Gasteiger charge is 2.54. The molecule has 3 aliphatic rings. The average molecular weight is 403 g/mol. The number of rotatable bonds is 5. The number of benzene rings is 1. The van der Waals surface area contributed by atoms with Crippen LogP contribution < -0.4 is 0 Å². The van der Waals surface area contributed by atoms with Crippen molar-refractivity contribution < 1.29 is 20.1 Å². The lowest BCUT2D eigenvalue weighted by Crippen LogP contribution is -2.43. The van der Waals surface area contributed by atoms with Gasteiger partial charge >= 0.3 is 5.97 Å². The van der Waals surface area contributed by atoms with Gasteiger partial charge in [-0.3, -0.25) is 4.79 Å². The number of unbranched alkanes of at least 4 members (excludes halogenated alkanes) is 3. The van der Waals surface area contributed by atoms with Crippen LogP contribution in [-0.4, -0.2) is 27.4 Å². The van der Waals surface area contributed by atoms with Gasteiger partial charge < -0.3 is 15.3 Å². The van der Waals surface area contributed by atoms with Gasteiger partial charge in [-0.25, -0.2) is 0 Å². The Hall–Kier alpha value is -1.55. The molecule has 1 aromatic rings. The molecule has 4 rings (SSSR count). The van der Waals surface area contributed by atoms with Crippen LogP contribution in [0.25, 0.3) is 0 Å². The molecule has 0 amide bonds. The van der Waals surface area contributed by atoms with Crippen molar-refractivity contribution in [3.8, 4) is 5.75 Å². The summed E-state index contributed by atoms with van der Waals surface area (Å²) in [7, 11) is 0. The minimum absolute atomic E-state index is 0.0883. The predicted octanol–water partition coefficient (Wildman–Crippen LogP) is 5.65. The molecule has 2 fully saturated rings. The standard InChI is InChI=1S/C18H24O2.C7H14O2/c1-18-9-8-14-13-5-3-12(19)10-11(13)2-4-15(14)16(18)6-7-17(18)20;1-2-3-4-5-6-7(8)9/h3,5,10,14-17,19-20H,2,4,6-9H2,1H3;2-6H2,1H3,(H,8,9)/t14-,15-,16+,17?,18+;/m1./s1. The lowest BCUT2D eigenvalue weighted by atomic mass is 9.55. The van der Waals surface area contributed by atoms with Crippen molar-refractivity contribution in [3.63, 3.8) is 0 Å². The van der Waals surface area contributed by atoms with Crippen LogP contribution in [0.5, 0.6) is 5.75 Å². The van der Waals surface area contributed by atoms with Crippen LogP contribution in [-0.2, 0) is 11.2 Å². The maximum atomic E-state index is 10.4. The third-order valence-corrected chi connectivity index (χ3v) is 7.90. The second kappa shape index (κ2) is 9.51. The van der Waals surface area contributed by atoms with E-state index in [1.165, 1.54) is 36.8 Å². The number of aromatic hydroxyl groups is 1. The highest BCUT2D eigenvalue weighted by molar-refractivity contribution is 5.66. The van der Waals surface area contributed by atoms with Crippen molar-refractivity contribution in [2.45, 2.75) is 96.5 Å². The van der Waals surface area contributed by atoms with Crippen molar-refractivity contribution in [2.75, 3.05) is 0 Å². The summed E-state index contributed by atoms with van der Waals surface area (Å²) >= 11 is 0. The van der Waals surface area contributed by atoms with Gasteiger partial charge in [0.15, 0.2) is 0 Å². The molecule has 0 spiro atoms. The van der Waals surface area contributed by atoms with E-state index in [1.807, 2.05) is 12.1 Å². The number of aliphatic hydroxyl groups is 1. The summed E-state index contributed by atoms with van der Waals surface area (Å²) in [4.78, 5) is 9.96. The van der Waals surface area contributed by atoms with Gasteiger partial charge in [-0.2, -0.15) is 0 Å². The molecular weight excluding hydrogens is 364 g/mol. The number of hydrogen-bond donors (Lipinski definition) is 3. The van der Waals surface area contributed by atoms with Crippen LogP contribution >= 0.6 is 0 Å². The van der Waals surface area contributed by atoms with Crippen molar-refractivity contribution in [1.82, 2.24) is 0 Å². The molecule has 1 aromatic carbocycles. The Bertz CT molecular complexity index is 700. The summed E-state index contributed by atoms with van der Waals surface area (Å²) < 4.78 is 0. The molecule has 3 aliphatic carbocycles. The number of phenolic OH excluding ortho intramolecular Hbond substituents is 1. The van der Waals surface area contributed by atoms with Crippen LogP contribution in [0, 0.1) is 17.3 Å². The van der Waals surface area contributed by atoms with Gasteiger partial charge in [0.05, 0.1) is 6.10 Å². The molecule has 29 heavy (non-hydrogen) atoms. The van der Waals surface area contributed by atoms with E-state index in [1.54, 1.807) is 0 Å². The summed E-state index contributed by atoms with van der Waals surface area (Å²) in [5.41, 5.74) is 2.99. The highest BCUT2D eigenvalue weighted by atomic mass is 16.4. The number of carboxylic acid groups (broad SMARTS) is 1. The second-order valence-corrected chi connectivity index (χ2v) is 9.64. The third-order valence-electron chi connectivity index (χ3n) is 7.90. The van der Waals surface area contributed by atoms with E-state index in [9.17, 15) is 15.0 Å². The third kappa shape index (κ3) is 4.79. The van der Waals surface area contributed by atoms with Crippen LogP contribution in [0.4, 0.5) is 0 Å². The molecule has 5 atom stereocenters. The molecular formula is C25H38O4. The Balaban J connectivity index is 0.000000229. The predicted molar refractivity (Wildman–Crippen MR) is 115 cm³/mol. The Morgan fingerprint density at radius 3 is 2.66 bits per heavy atom. The zero-order valence-corrected chi connectivity index (χ0v) is 18.1. The summed E-state index contributed by atoms with van der Waals surface area (Å²) in [5.74, 6) is 1.81. The molecule has 0 bridgehead atoms. The molecule has 0 heterocycles. The van der Waals surface area contributed by atoms with Crippen LogP contribution in [0.3, 0.4) is 0 Å². The number of carboxylic acids is 1. The first kappa shape index (κ1) is 22.1. The SMILES string of the molecule is CCCCCCC(=O)O.C[C@]12CC[C@@H]3c4ccc(O)cc4CC[C@H]3[C@@H]1CCC2O. The Morgan fingerprint density at radius 2 is 1.93 bits per heavy atom. The normalized spacial score (nSPS) is 32.4. The number of aryl methyl sites for hydroxylation is 1. The first-order chi connectivity index (χ1) is 13.9. The fraction of sp³-hybridized carbons (Fsp3) is 0.720. The average Bonchev–Trinajstić information content (AvgIpc) is 3.00. The van der Waals surface area contributed by atoms with Crippen molar-refractivity contribution in [2.24, 2.45) is 17.3 Å². The van der Waals surface area contributed by atoms with Crippen molar-refractivity contribution >= 4 is 5.97 Å². The maximum absolute atomic E-state index is 10.4. The molecule has 162 valence electrons. The fourth-order valence-corrected chi connectivity index (χ4v) is 6.24. The van der Waals surface area contributed by atoms with Crippen LogP contribution in [0.2, 0.25) is 0 Å². The van der Waals surface area contributed by atoms with Gasteiger partial charge in [-0.1, -0.05) is 39.2 Å².